The third-order valence-electron chi connectivity index (χ3n) is 2.54. The van der Waals surface area contributed by atoms with E-state index in [0.29, 0.717) is 18.2 Å². The van der Waals surface area contributed by atoms with Gasteiger partial charge in [-0.25, -0.2) is 4.98 Å². The van der Waals surface area contributed by atoms with E-state index in [9.17, 15) is 9.59 Å². The highest BCUT2D eigenvalue weighted by atomic mass is 32.1. The van der Waals surface area contributed by atoms with Gasteiger partial charge in [0.25, 0.3) is 0 Å². The van der Waals surface area contributed by atoms with Gasteiger partial charge in [0.15, 0.2) is 5.13 Å². The van der Waals surface area contributed by atoms with Crippen molar-refractivity contribution < 1.29 is 14.7 Å². The molecule has 0 aromatic carbocycles. The molecule has 1 aromatic rings. The highest BCUT2D eigenvalue weighted by Crippen LogP contribution is 2.17. The predicted molar refractivity (Wildman–Crippen MR) is 74.2 cm³/mol. The second-order valence-electron chi connectivity index (χ2n) is 4.53. The zero-order valence-corrected chi connectivity index (χ0v) is 12.2. The molecule has 106 valence electrons. The standard InChI is InChI=1S/C12H19N3O3S/c1-8(2)15(5-4-11(17)18)6-10-7-19-12(14-10)13-9(3)16/h7-8H,4-6H2,1-3H3,(H,17,18)(H,13,14,16). The predicted octanol–water partition coefficient (Wildman–Crippen LogP) is 1.79. The van der Waals surface area contributed by atoms with Gasteiger partial charge in [0.05, 0.1) is 12.1 Å². The van der Waals surface area contributed by atoms with Crippen molar-refractivity contribution in [1.82, 2.24) is 9.88 Å². The van der Waals surface area contributed by atoms with Crippen molar-refractivity contribution in [3.8, 4) is 0 Å². The molecule has 0 spiro atoms. The number of anilines is 1. The van der Waals surface area contributed by atoms with Crippen molar-refractivity contribution in [3.63, 3.8) is 0 Å². The SMILES string of the molecule is CC(=O)Nc1nc(CN(CCC(=O)O)C(C)C)cs1. The molecule has 6 nitrogen and oxygen atoms in total. The zero-order valence-electron chi connectivity index (χ0n) is 11.3. The summed E-state index contributed by atoms with van der Waals surface area (Å²) in [7, 11) is 0. The second-order valence-corrected chi connectivity index (χ2v) is 5.39. The Balaban J connectivity index is 2.60. The van der Waals surface area contributed by atoms with Crippen LogP contribution in [0.4, 0.5) is 5.13 Å². The molecule has 1 heterocycles. The number of hydrogen-bond acceptors (Lipinski definition) is 5. The zero-order chi connectivity index (χ0) is 14.4. The summed E-state index contributed by atoms with van der Waals surface area (Å²) in [6.45, 7) is 6.54. The number of aliphatic carboxylic acids is 1. The topological polar surface area (TPSA) is 82.5 Å². The molecule has 0 unspecified atom stereocenters. The van der Waals surface area contributed by atoms with E-state index >= 15 is 0 Å². The summed E-state index contributed by atoms with van der Waals surface area (Å²) in [5.74, 6) is -0.949. The van der Waals surface area contributed by atoms with Crippen molar-refractivity contribution in [2.45, 2.75) is 39.8 Å². The summed E-state index contributed by atoms with van der Waals surface area (Å²) in [6.07, 6.45) is 0.112. The fourth-order valence-electron chi connectivity index (χ4n) is 1.55. The van der Waals surface area contributed by atoms with Crippen molar-refractivity contribution in [1.29, 1.82) is 0 Å². The monoisotopic (exact) mass is 285 g/mol. The van der Waals surface area contributed by atoms with Gasteiger partial charge in [0.2, 0.25) is 5.91 Å². The lowest BCUT2D eigenvalue weighted by Crippen LogP contribution is -2.32. The molecular formula is C12H19N3O3S. The number of carboxylic acids is 1. The van der Waals surface area contributed by atoms with Gasteiger partial charge in [-0.1, -0.05) is 0 Å². The van der Waals surface area contributed by atoms with Crippen LogP contribution in [0, 0.1) is 0 Å². The molecule has 1 amide bonds. The highest BCUT2D eigenvalue weighted by molar-refractivity contribution is 7.13. The van der Waals surface area contributed by atoms with Crippen molar-refractivity contribution in [3.05, 3.63) is 11.1 Å². The van der Waals surface area contributed by atoms with E-state index in [1.165, 1.54) is 18.3 Å². The number of carboxylic acid groups (broad SMARTS) is 1. The fraction of sp³-hybridized carbons (Fsp3) is 0.583. The van der Waals surface area contributed by atoms with Gasteiger partial charge < -0.3 is 10.4 Å². The molecule has 0 aliphatic heterocycles. The summed E-state index contributed by atoms with van der Waals surface area (Å²) in [4.78, 5) is 27.9. The van der Waals surface area contributed by atoms with Crippen LogP contribution in [0.3, 0.4) is 0 Å². The molecular weight excluding hydrogens is 266 g/mol. The summed E-state index contributed by atoms with van der Waals surface area (Å²) in [6, 6.07) is 0.241. The fourth-order valence-corrected chi connectivity index (χ4v) is 2.30. The number of carbonyl (C=O) groups is 2. The van der Waals surface area contributed by atoms with E-state index in [1.54, 1.807) is 0 Å². The highest BCUT2D eigenvalue weighted by Gasteiger charge is 2.14. The lowest BCUT2D eigenvalue weighted by molar-refractivity contribution is -0.137. The molecule has 1 rings (SSSR count). The number of amides is 1. The first-order valence-electron chi connectivity index (χ1n) is 6.06. The van der Waals surface area contributed by atoms with Crippen LogP contribution in [0.25, 0.3) is 0 Å². The van der Waals surface area contributed by atoms with E-state index in [1.807, 2.05) is 24.1 Å². The van der Waals surface area contributed by atoms with Gasteiger partial charge in [-0.2, -0.15) is 0 Å². The first-order valence-corrected chi connectivity index (χ1v) is 6.94. The Bertz CT molecular complexity index is 445. The van der Waals surface area contributed by atoms with E-state index in [4.69, 9.17) is 5.11 Å². The number of nitrogens with zero attached hydrogens (tertiary/aromatic N) is 2. The first-order chi connectivity index (χ1) is 8.88. The molecule has 0 saturated carbocycles. The van der Waals surface area contributed by atoms with Gasteiger partial charge in [0, 0.05) is 31.4 Å². The number of nitrogens with one attached hydrogen (secondary N) is 1. The van der Waals surface area contributed by atoms with Crippen LogP contribution < -0.4 is 5.32 Å². The van der Waals surface area contributed by atoms with Crippen molar-refractivity contribution in [2.24, 2.45) is 0 Å². The van der Waals surface area contributed by atoms with E-state index in [0.717, 1.165) is 5.69 Å². The van der Waals surface area contributed by atoms with Crippen LogP contribution in [-0.2, 0) is 16.1 Å². The van der Waals surface area contributed by atoms with Gasteiger partial charge in [-0.15, -0.1) is 11.3 Å². The van der Waals surface area contributed by atoms with E-state index in [2.05, 4.69) is 10.3 Å². The minimum atomic E-state index is -0.803. The minimum absolute atomic E-state index is 0.112. The Kier molecular flexibility index (Phi) is 5.91. The van der Waals surface area contributed by atoms with Crippen LogP contribution in [0.2, 0.25) is 0 Å². The van der Waals surface area contributed by atoms with Crippen LogP contribution in [0.1, 0.15) is 32.9 Å². The van der Waals surface area contributed by atoms with Gasteiger partial charge in [0.1, 0.15) is 0 Å². The van der Waals surface area contributed by atoms with Gasteiger partial charge >= 0.3 is 5.97 Å². The van der Waals surface area contributed by atoms with Gasteiger partial charge in [-0.3, -0.25) is 14.5 Å². The maximum atomic E-state index is 10.9. The number of aromatic nitrogens is 1. The van der Waals surface area contributed by atoms with E-state index < -0.39 is 5.97 Å². The molecule has 0 aliphatic carbocycles. The normalized spacial score (nSPS) is 11.0. The summed E-state index contributed by atoms with van der Waals surface area (Å²) in [5.41, 5.74) is 0.841. The Morgan fingerprint density at radius 2 is 2.21 bits per heavy atom. The third kappa shape index (κ3) is 5.80. The molecule has 0 fully saturated rings. The van der Waals surface area contributed by atoms with Crippen molar-refractivity contribution >= 4 is 28.3 Å². The average molecular weight is 285 g/mol. The summed E-state index contributed by atoms with van der Waals surface area (Å²) >= 11 is 1.37. The lowest BCUT2D eigenvalue weighted by atomic mass is 10.2. The van der Waals surface area contributed by atoms with Crippen LogP contribution in [-0.4, -0.2) is 39.5 Å². The van der Waals surface area contributed by atoms with Crippen LogP contribution in [0.5, 0.6) is 0 Å². The molecule has 19 heavy (non-hydrogen) atoms. The Morgan fingerprint density at radius 3 is 2.74 bits per heavy atom. The summed E-state index contributed by atoms with van der Waals surface area (Å²) < 4.78 is 0. The molecule has 0 saturated heterocycles. The van der Waals surface area contributed by atoms with Gasteiger partial charge in [-0.05, 0) is 13.8 Å². The Morgan fingerprint density at radius 1 is 1.53 bits per heavy atom. The smallest absolute Gasteiger partial charge is 0.304 e. The lowest BCUT2D eigenvalue weighted by Gasteiger charge is -2.24. The molecule has 0 bridgehead atoms. The largest absolute Gasteiger partial charge is 0.481 e. The summed E-state index contributed by atoms with van der Waals surface area (Å²) in [5, 5.41) is 13.8. The number of hydrogen-bond donors (Lipinski definition) is 2. The maximum Gasteiger partial charge on any atom is 0.304 e. The van der Waals surface area contributed by atoms with E-state index in [-0.39, 0.29) is 18.4 Å². The Labute approximate surface area is 116 Å². The molecule has 0 aliphatic rings. The third-order valence-corrected chi connectivity index (χ3v) is 3.35. The molecule has 1 aromatic heterocycles. The quantitative estimate of drug-likeness (QED) is 0.798. The number of thiazole rings is 1. The van der Waals surface area contributed by atoms with Crippen LogP contribution in [0.15, 0.2) is 5.38 Å². The molecule has 0 atom stereocenters. The van der Waals surface area contributed by atoms with Crippen molar-refractivity contribution in [2.75, 3.05) is 11.9 Å². The van der Waals surface area contributed by atoms with Crippen LogP contribution >= 0.6 is 11.3 Å². The average Bonchev–Trinajstić information content (AvgIpc) is 2.70. The second kappa shape index (κ2) is 7.20. The first kappa shape index (κ1) is 15.6. The molecule has 2 N–H and O–H groups in total. The number of carbonyl (C=O) groups excluding carboxylic acids is 1. The molecule has 0 radical (unpaired) electrons. The molecule has 7 heteroatoms. The number of rotatable bonds is 7. The minimum Gasteiger partial charge on any atom is -0.481 e. The maximum absolute atomic E-state index is 10.9. The Hall–Kier alpha value is -1.47.